The standard InChI is InChI=1S/C16H14N2O2S/c1-9(2)14-10(16(19)20)7-8-12(17-14)15-18-11-5-3-4-6-13(11)21-15/h3-9H,1-2H3,(H,19,20). The lowest BCUT2D eigenvalue weighted by atomic mass is 10.0. The van der Waals surface area contributed by atoms with Crippen molar-refractivity contribution in [3.8, 4) is 10.7 Å². The molecule has 0 bridgehead atoms. The number of rotatable bonds is 3. The second kappa shape index (κ2) is 5.26. The number of aromatic carboxylic acids is 1. The summed E-state index contributed by atoms with van der Waals surface area (Å²) in [7, 11) is 0. The number of carboxylic acids is 1. The maximum absolute atomic E-state index is 11.3. The summed E-state index contributed by atoms with van der Waals surface area (Å²) in [6.07, 6.45) is 0. The highest BCUT2D eigenvalue weighted by atomic mass is 32.1. The Labute approximate surface area is 126 Å². The largest absolute Gasteiger partial charge is 0.478 e. The Morgan fingerprint density at radius 1 is 1.14 bits per heavy atom. The van der Waals surface area contributed by atoms with E-state index in [9.17, 15) is 9.90 Å². The monoisotopic (exact) mass is 298 g/mol. The molecule has 5 heteroatoms. The zero-order chi connectivity index (χ0) is 15.0. The van der Waals surface area contributed by atoms with Crippen LogP contribution in [0.1, 0.15) is 35.8 Å². The van der Waals surface area contributed by atoms with Crippen LogP contribution in [0.3, 0.4) is 0 Å². The van der Waals surface area contributed by atoms with Crippen LogP contribution in [-0.2, 0) is 0 Å². The van der Waals surface area contributed by atoms with Crippen molar-refractivity contribution in [2.45, 2.75) is 19.8 Å². The van der Waals surface area contributed by atoms with Crippen LogP contribution in [0.4, 0.5) is 0 Å². The summed E-state index contributed by atoms with van der Waals surface area (Å²) in [6.45, 7) is 3.88. The molecule has 0 spiro atoms. The van der Waals surface area contributed by atoms with E-state index in [4.69, 9.17) is 0 Å². The van der Waals surface area contributed by atoms with Gasteiger partial charge in [0.1, 0.15) is 5.01 Å². The maximum Gasteiger partial charge on any atom is 0.337 e. The van der Waals surface area contributed by atoms with E-state index in [-0.39, 0.29) is 11.5 Å². The number of carbonyl (C=O) groups is 1. The number of fused-ring (bicyclic) bond motifs is 1. The molecule has 1 N–H and O–H groups in total. The Kier molecular flexibility index (Phi) is 3.43. The van der Waals surface area contributed by atoms with Crippen molar-refractivity contribution in [3.63, 3.8) is 0 Å². The minimum atomic E-state index is -0.943. The highest BCUT2D eigenvalue weighted by Gasteiger charge is 2.17. The molecule has 0 unspecified atom stereocenters. The van der Waals surface area contributed by atoms with Crippen molar-refractivity contribution in [2.24, 2.45) is 0 Å². The van der Waals surface area contributed by atoms with Gasteiger partial charge in [-0.3, -0.25) is 0 Å². The Hall–Kier alpha value is -2.27. The minimum Gasteiger partial charge on any atom is -0.478 e. The summed E-state index contributed by atoms with van der Waals surface area (Å²) in [5, 5.41) is 10.1. The van der Waals surface area contributed by atoms with Crippen LogP contribution in [-0.4, -0.2) is 21.0 Å². The molecule has 0 aliphatic carbocycles. The van der Waals surface area contributed by atoms with Crippen LogP contribution < -0.4 is 0 Å². The van der Waals surface area contributed by atoms with E-state index < -0.39 is 5.97 Å². The van der Waals surface area contributed by atoms with Gasteiger partial charge in [0.2, 0.25) is 0 Å². The van der Waals surface area contributed by atoms with Crippen molar-refractivity contribution < 1.29 is 9.90 Å². The van der Waals surface area contributed by atoms with Crippen molar-refractivity contribution in [1.29, 1.82) is 0 Å². The van der Waals surface area contributed by atoms with E-state index in [1.54, 1.807) is 23.5 Å². The fourth-order valence-electron chi connectivity index (χ4n) is 2.20. The summed E-state index contributed by atoms with van der Waals surface area (Å²) >= 11 is 1.56. The molecule has 2 aromatic heterocycles. The molecule has 0 saturated carbocycles. The molecule has 0 aliphatic heterocycles. The van der Waals surface area contributed by atoms with Crippen LogP contribution in [0, 0.1) is 0 Å². The van der Waals surface area contributed by atoms with E-state index in [1.807, 2.05) is 38.1 Å². The first-order valence-corrected chi connectivity index (χ1v) is 7.48. The van der Waals surface area contributed by atoms with E-state index in [1.165, 1.54) is 0 Å². The smallest absolute Gasteiger partial charge is 0.337 e. The third kappa shape index (κ3) is 2.52. The highest BCUT2D eigenvalue weighted by molar-refractivity contribution is 7.21. The molecular formula is C16H14N2O2S. The number of benzene rings is 1. The second-order valence-corrected chi connectivity index (χ2v) is 6.11. The van der Waals surface area contributed by atoms with Crippen LogP contribution in [0.2, 0.25) is 0 Å². The first kappa shape index (κ1) is 13.7. The number of thiazole rings is 1. The lowest BCUT2D eigenvalue weighted by molar-refractivity contribution is 0.0694. The van der Waals surface area contributed by atoms with Crippen molar-refractivity contribution in [3.05, 3.63) is 47.7 Å². The molecule has 0 amide bonds. The maximum atomic E-state index is 11.3. The molecule has 3 aromatic rings. The number of aromatic nitrogens is 2. The lowest BCUT2D eigenvalue weighted by Gasteiger charge is -2.09. The highest BCUT2D eigenvalue weighted by Crippen LogP contribution is 2.30. The SMILES string of the molecule is CC(C)c1nc(-c2nc3ccccc3s2)ccc1C(=O)O. The molecule has 1 aromatic carbocycles. The van der Waals surface area contributed by atoms with Gasteiger partial charge in [0.15, 0.2) is 0 Å². The van der Waals surface area contributed by atoms with Gasteiger partial charge >= 0.3 is 5.97 Å². The Morgan fingerprint density at radius 3 is 2.57 bits per heavy atom. The van der Waals surface area contributed by atoms with Crippen LogP contribution in [0.15, 0.2) is 36.4 Å². The number of para-hydroxylation sites is 1. The summed E-state index contributed by atoms with van der Waals surface area (Å²) in [6, 6.07) is 11.3. The van der Waals surface area contributed by atoms with Crippen LogP contribution >= 0.6 is 11.3 Å². The summed E-state index contributed by atoms with van der Waals surface area (Å²) < 4.78 is 1.10. The topological polar surface area (TPSA) is 63.1 Å². The molecule has 2 heterocycles. The molecule has 3 rings (SSSR count). The van der Waals surface area contributed by atoms with Crippen LogP contribution in [0.5, 0.6) is 0 Å². The Bertz CT molecular complexity index is 791. The molecule has 0 atom stereocenters. The molecule has 21 heavy (non-hydrogen) atoms. The van der Waals surface area contributed by atoms with Gasteiger partial charge in [-0.15, -0.1) is 11.3 Å². The fourth-order valence-corrected chi connectivity index (χ4v) is 3.13. The van der Waals surface area contributed by atoms with Gasteiger partial charge in [-0.2, -0.15) is 0 Å². The first-order valence-electron chi connectivity index (χ1n) is 6.66. The van der Waals surface area contributed by atoms with E-state index in [2.05, 4.69) is 9.97 Å². The molecule has 0 aliphatic rings. The van der Waals surface area contributed by atoms with Gasteiger partial charge in [0.25, 0.3) is 0 Å². The predicted octanol–water partition coefficient (Wildman–Crippen LogP) is 4.18. The number of carboxylic acid groups (broad SMARTS) is 1. The van der Waals surface area contributed by atoms with Gasteiger partial charge < -0.3 is 5.11 Å². The van der Waals surface area contributed by atoms with Crippen molar-refractivity contribution in [2.75, 3.05) is 0 Å². The van der Waals surface area contributed by atoms with Crippen molar-refractivity contribution in [1.82, 2.24) is 9.97 Å². The molecule has 4 nitrogen and oxygen atoms in total. The van der Waals surface area contributed by atoms with Gasteiger partial charge in [0.05, 0.1) is 27.2 Å². The predicted molar refractivity (Wildman–Crippen MR) is 83.9 cm³/mol. The van der Waals surface area contributed by atoms with E-state index in [0.29, 0.717) is 5.69 Å². The summed E-state index contributed by atoms with van der Waals surface area (Å²) in [5.74, 6) is -0.896. The van der Waals surface area contributed by atoms with Gasteiger partial charge in [-0.05, 0) is 30.2 Å². The molecule has 0 saturated heterocycles. The summed E-state index contributed by atoms with van der Waals surface area (Å²) in [5.41, 5.74) is 2.52. The Balaban J connectivity index is 2.14. The van der Waals surface area contributed by atoms with Gasteiger partial charge in [0, 0.05) is 0 Å². The van der Waals surface area contributed by atoms with Crippen molar-refractivity contribution >= 4 is 27.5 Å². The fraction of sp³-hybridized carbons (Fsp3) is 0.188. The zero-order valence-corrected chi connectivity index (χ0v) is 12.5. The normalized spacial score (nSPS) is 11.2. The number of hydrogen-bond acceptors (Lipinski definition) is 4. The Morgan fingerprint density at radius 2 is 1.90 bits per heavy atom. The first-order chi connectivity index (χ1) is 10.1. The number of pyridine rings is 1. The quantitative estimate of drug-likeness (QED) is 0.788. The van der Waals surface area contributed by atoms with Gasteiger partial charge in [-0.1, -0.05) is 26.0 Å². The summed E-state index contributed by atoms with van der Waals surface area (Å²) in [4.78, 5) is 20.4. The number of hydrogen-bond donors (Lipinski definition) is 1. The van der Waals surface area contributed by atoms with Gasteiger partial charge in [-0.25, -0.2) is 14.8 Å². The lowest BCUT2D eigenvalue weighted by Crippen LogP contribution is -2.07. The third-order valence-corrected chi connectivity index (χ3v) is 4.27. The molecule has 106 valence electrons. The molecular weight excluding hydrogens is 284 g/mol. The third-order valence-electron chi connectivity index (χ3n) is 3.22. The molecule has 0 radical (unpaired) electrons. The zero-order valence-electron chi connectivity index (χ0n) is 11.7. The minimum absolute atomic E-state index is 0.0467. The number of nitrogens with zero attached hydrogens (tertiary/aromatic N) is 2. The molecule has 0 fully saturated rings. The van der Waals surface area contributed by atoms with E-state index >= 15 is 0 Å². The average Bonchev–Trinajstić information content (AvgIpc) is 2.90. The second-order valence-electron chi connectivity index (χ2n) is 5.08. The van der Waals surface area contributed by atoms with Crippen LogP contribution in [0.25, 0.3) is 20.9 Å². The average molecular weight is 298 g/mol. The van der Waals surface area contributed by atoms with E-state index in [0.717, 1.165) is 20.9 Å².